The topological polar surface area (TPSA) is 38.3 Å². The summed E-state index contributed by atoms with van der Waals surface area (Å²) in [6.07, 6.45) is 1.96. The van der Waals surface area contributed by atoms with E-state index < -0.39 is 6.10 Å². The predicted octanol–water partition coefficient (Wildman–Crippen LogP) is 5.37. The van der Waals surface area contributed by atoms with Crippen LogP contribution in [-0.2, 0) is 11.2 Å². The molecule has 2 aromatic rings. The summed E-state index contributed by atoms with van der Waals surface area (Å²) < 4.78 is 5.76. The average Bonchev–Trinajstić information content (AvgIpc) is 2.63. The van der Waals surface area contributed by atoms with Crippen LogP contribution in [0.2, 0.25) is 5.02 Å². The number of aryl methyl sites for hydroxylation is 1. The van der Waals surface area contributed by atoms with Gasteiger partial charge in [0.2, 0.25) is 0 Å². The van der Waals surface area contributed by atoms with Gasteiger partial charge in [-0.25, -0.2) is 0 Å². The van der Waals surface area contributed by atoms with Crippen molar-refractivity contribution < 1.29 is 9.53 Å². The van der Waals surface area contributed by atoms with Crippen LogP contribution in [0.15, 0.2) is 48.5 Å². The van der Waals surface area contributed by atoms with E-state index >= 15 is 0 Å². The van der Waals surface area contributed by atoms with Crippen molar-refractivity contribution in [1.82, 2.24) is 5.32 Å². The molecule has 0 unspecified atom stereocenters. The molecule has 0 aliphatic carbocycles. The van der Waals surface area contributed by atoms with E-state index in [2.05, 4.69) is 43.4 Å². The molecule has 26 heavy (non-hydrogen) atoms. The molecule has 0 fully saturated rings. The first-order chi connectivity index (χ1) is 12.5. The van der Waals surface area contributed by atoms with Gasteiger partial charge in [-0.1, -0.05) is 62.7 Å². The van der Waals surface area contributed by atoms with Crippen LogP contribution in [0.4, 0.5) is 0 Å². The van der Waals surface area contributed by atoms with Crippen LogP contribution in [0.25, 0.3) is 0 Å². The van der Waals surface area contributed by atoms with E-state index in [9.17, 15) is 4.79 Å². The Kier molecular flexibility index (Phi) is 7.99. The Morgan fingerprint density at radius 2 is 1.88 bits per heavy atom. The number of carbonyl (C=O) groups is 1. The van der Waals surface area contributed by atoms with E-state index in [1.807, 2.05) is 19.1 Å². The molecule has 3 nitrogen and oxygen atoms in total. The van der Waals surface area contributed by atoms with Crippen LogP contribution in [0, 0.1) is 0 Å². The summed E-state index contributed by atoms with van der Waals surface area (Å²) in [6.45, 7) is 6.96. The maximum absolute atomic E-state index is 12.3. The van der Waals surface area contributed by atoms with Crippen molar-refractivity contribution in [2.75, 3.05) is 6.54 Å². The first kappa shape index (κ1) is 20.3. The highest BCUT2D eigenvalue weighted by atomic mass is 35.5. The number of halogens is 1. The average molecular weight is 374 g/mol. The van der Waals surface area contributed by atoms with Crippen LogP contribution in [0.1, 0.15) is 50.7 Å². The van der Waals surface area contributed by atoms with Crippen LogP contribution in [0.5, 0.6) is 5.75 Å². The summed E-state index contributed by atoms with van der Waals surface area (Å²) >= 11 is 5.96. The van der Waals surface area contributed by atoms with Crippen molar-refractivity contribution in [2.45, 2.75) is 52.1 Å². The normalized spacial score (nSPS) is 12.0. The lowest BCUT2D eigenvalue weighted by Crippen LogP contribution is -2.38. The minimum atomic E-state index is -0.501. The number of ether oxygens (including phenoxy) is 1. The minimum Gasteiger partial charge on any atom is -0.481 e. The third-order valence-corrected chi connectivity index (χ3v) is 4.56. The van der Waals surface area contributed by atoms with Gasteiger partial charge in [-0.2, -0.15) is 0 Å². The number of amides is 1. The summed E-state index contributed by atoms with van der Waals surface area (Å²) in [6, 6.07) is 15.8. The van der Waals surface area contributed by atoms with Gasteiger partial charge in [0.25, 0.3) is 5.91 Å². The monoisotopic (exact) mass is 373 g/mol. The first-order valence-electron chi connectivity index (χ1n) is 9.28. The second-order valence-corrected chi connectivity index (χ2v) is 7.20. The van der Waals surface area contributed by atoms with Crippen molar-refractivity contribution >= 4 is 17.5 Å². The fourth-order valence-electron chi connectivity index (χ4n) is 2.71. The van der Waals surface area contributed by atoms with Crippen molar-refractivity contribution in [3.63, 3.8) is 0 Å². The number of rotatable bonds is 9. The molecule has 0 aromatic heterocycles. The summed E-state index contributed by atoms with van der Waals surface area (Å²) in [5.74, 6) is 1.08. The van der Waals surface area contributed by atoms with Gasteiger partial charge in [-0.15, -0.1) is 0 Å². The molecule has 0 radical (unpaired) electrons. The molecular weight excluding hydrogens is 346 g/mol. The molecule has 4 heteroatoms. The number of hydrogen-bond acceptors (Lipinski definition) is 2. The van der Waals surface area contributed by atoms with E-state index in [4.69, 9.17) is 16.3 Å². The molecule has 2 aromatic carbocycles. The molecule has 140 valence electrons. The number of benzene rings is 2. The molecule has 2 rings (SSSR count). The Morgan fingerprint density at radius 1 is 1.15 bits per heavy atom. The van der Waals surface area contributed by atoms with Crippen LogP contribution < -0.4 is 10.1 Å². The van der Waals surface area contributed by atoms with E-state index in [0.717, 1.165) is 12.8 Å². The molecule has 0 bridgehead atoms. The van der Waals surface area contributed by atoms with Gasteiger partial charge in [0.15, 0.2) is 6.10 Å². The second-order valence-electron chi connectivity index (χ2n) is 6.76. The molecule has 0 aliphatic rings. The molecule has 0 saturated carbocycles. The van der Waals surface area contributed by atoms with Crippen LogP contribution >= 0.6 is 11.6 Å². The van der Waals surface area contributed by atoms with Crippen LogP contribution in [0.3, 0.4) is 0 Å². The van der Waals surface area contributed by atoms with Gasteiger partial charge in [0.1, 0.15) is 5.75 Å². The molecule has 1 atom stereocenters. The highest BCUT2D eigenvalue weighted by Crippen LogP contribution is 2.19. The lowest BCUT2D eigenvalue weighted by Gasteiger charge is -2.17. The molecular formula is C22H28ClNO2. The van der Waals surface area contributed by atoms with Crippen molar-refractivity contribution in [3.05, 3.63) is 64.7 Å². The van der Waals surface area contributed by atoms with E-state index in [-0.39, 0.29) is 5.91 Å². The Labute approximate surface area is 161 Å². The largest absolute Gasteiger partial charge is 0.481 e. The minimum absolute atomic E-state index is 0.0809. The maximum Gasteiger partial charge on any atom is 0.261 e. The lowest BCUT2D eigenvalue weighted by atomic mass is 10.0. The van der Waals surface area contributed by atoms with Gasteiger partial charge < -0.3 is 10.1 Å². The van der Waals surface area contributed by atoms with Crippen molar-refractivity contribution in [3.8, 4) is 5.75 Å². The first-order valence-corrected chi connectivity index (χ1v) is 9.66. The molecule has 0 aliphatic heterocycles. The molecule has 1 amide bonds. The third kappa shape index (κ3) is 6.38. The highest BCUT2D eigenvalue weighted by molar-refractivity contribution is 6.30. The Morgan fingerprint density at radius 3 is 2.50 bits per heavy atom. The summed E-state index contributed by atoms with van der Waals surface area (Å²) in [4.78, 5) is 12.3. The lowest BCUT2D eigenvalue weighted by molar-refractivity contribution is -0.128. The standard InChI is InChI=1S/C22H28ClNO2/c1-4-21(26-20-9-5-8-19(23)15-20)22(25)24-14-6-7-17-10-12-18(13-11-17)16(2)3/h5,8-13,15-16,21H,4,6-7,14H2,1-3H3,(H,24,25)/t21-/m0/s1. The number of nitrogens with one attached hydrogen (secondary N) is 1. The highest BCUT2D eigenvalue weighted by Gasteiger charge is 2.17. The number of carbonyl (C=O) groups excluding carboxylic acids is 1. The number of hydrogen-bond donors (Lipinski definition) is 1. The molecule has 0 spiro atoms. The maximum atomic E-state index is 12.3. The summed E-state index contributed by atoms with van der Waals surface area (Å²) in [7, 11) is 0. The molecule has 0 saturated heterocycles. The van der Waals surface area contributed by atoms with Crippen LogP contribution in [-0.4, -0.2) is 18.6 Å². The van der Waals surface area contributed by atoms with Gasteiger partial charge in [0, 0.05) is 11.6 Å². The zero-order valence-corrected chi connectivity index (χ0v) is 16.6. The van der Waals surface area contributed by atoms with Crippen molar-refractivity contribution in [2.24, 2.45) is 0 Å². The fourth-order valence-corrected chi connectivity index (χ4v) is 2.89. The summed E-state index contributed by atoms with van der Waals surface area (Å²) in [5, 5.41) is 3.57. The van der Waals surface area contributed by atoms with E-state index in [1.165, 1.54) is 11.1 Å². The zero-order chi connectivity index (χ0) is 18.9. The Bertz CT molecular complexity index is 698. The van der Waals surface area contributed by atoms with Gasteiger partial charge in [-0.3, -0.25) is 4.79 Å². The smallest absolute Gasteiger partial charge is 0.261 e. The third-order valence-electron chi connectivity index (χ3n) is 4.33. The van der Waals surface area contributed by atoms with E-state index in [0.29, 0.717) is 29.7 Å². The predicted molar refractivity (Wildman–Crippen MR) is 108 cm³/mol. The quantitative estimate of drug-likeness (QED) is 0.600. The second kappa shape index (κ2) is 10.2. The van der Waals surface area contributed by atoms with Crippen molar-refractivity contribution in [1.29, 1.82) is 0 Å². The van der Waals surface area contributed by atoms with Gasteiger partial charge >= 0.3 is 0 Å². The Balaban J connectivity index is 1.76. The Hall–Kier alpha value is -2.00. The van der Waals surface area contributed by atoms with E-state index in [1.54, 1.807) is 12.1 Å². The van der Waals surface area contributed by atoms with Gasteiger partial charge in [-0.05, 0) is 54.5 Å². The molecule has 1 N–H and O–H groups in total. The SMILES string of the molecule is CC[C@H](Oc1cccc(Cl)c1)C(=O)NCCCc1ccc(C(C)C)cc1. The van der Waals surface area contributed by atoms with Gasteiger partial charge in [0.05, 0.1) is 0 Å². The fraction of sp³-hybridized carbons (Fsp3) is 0.409. The zero-order valence-electron chi connectivity index (χ0n) is 15.8. The molecule has 0 heterocycles. The summed E-state index contributed by atoms with van der Waals surface area (Å²) in [5.41, 5.74) is 2.65.